The van der Waals surface area contributed by atoms with Gasteiger partial charge < -0.3 is 19.2 Å². The van der Waals surface area contributed by atoms with E-state index in [1.54, 1.807) is 12.4 Å². The predicted molar refractivity (Wildman–Crippen MR) is 131 cm³/mol. The van der Waals surface area contributed by atoms with Crippen molar-refractivity contribution in [2.75, 3.05) is 6.54 Å². The molecule has 4 heterocycles. The first-order valence-electron chi connectivity index (χ1n) is 11.9. The minimum absolute atomic E-state index is 0.0260. The molecule has 2 aliphatic rings. The topological polar surface area (TPSA) is 80.3 Å². The number of nitrogens with one attached hydrogen (secondary N) is 1. The third kappa shape index (κ3) is 4.28. The zero-order valence-corrected chi connectivity index (χ0v) is 20.2. The molecule has 0 aliphatic carbocycles. The number of likely N-dealkylation sites (tertiary alicyclic amines) is 1. The van der Waals surface area contributed by atoms with Gasteiger partial charge in [0.15, 0.2) is 0 Å². The SMILES string of the molecule is CC1(C)OB(c2ccc(-c3cnc([C@@H]4CCCN4C(=O)Cc4cccnc4)[nH]3)cc2)OC1(C)C. The molecule has 2 fully saturated rings. The van der Waals surface area contributed by atoms with Crippen LogP contribution in [-0.2, 0) is 20.5 Å². The Labute approximate surface area is 201 Å². The summed E-state index contributed by atoms with van der Waals surface area (Å²) in [5, 5.41) is 0. The van der Waals surface area contributed by atoms with Gasteiger partial charge in [-0.25, -0.2) is 4.98 Å². The Balaban J connectivity index is 1.29. The number of hydrogen-bond acceptors (Lipinski definition) is 5. The summed E-state index contributed by atoms with van der Waals surface area (Å²) in [6, 6.07) is 12.0. The second-order valence-corrected chi connectivity index (χ2v) is 10.2. The molecule has 5 rings (SSSR count). The molecule has 0 unspecified atom stereocenters. The van der Waals surface area contributed by atoms with Crippen LogP contribution in [0.2, 0.25) is 0 Å². The van der Waals surface area contributed by atoms with Gasteiger partial charge in [0.1, 0.15) is 5.82 Å². The highest BCUT2D eigenvalue weighted by Gasteiger charge is 2.51. The van der Waals surface area contributed by atoms with E-state index in [2.05, 4.69) is 54.8 Å². The molecule has 7 nitrogen and oxygen atoms in total. The molecule has 34 heavy (non-hydrogen) atoms. The lowest BCUT2D eigenvalue weighted by molar-refractivity contribution is -0.131. The maximum atomic E-state index is 13.0. The van der Waals surface area contributed by atoms with Crippen LogP contribution in [0.3, 0.4) is 0 Å². The van der Waals surface area contributed by atoms with Crippen LogP contribution in [0.5, 0.6) is 0 Å². The van der Waals surface area contributed by atoms with E-state index in [4.69, 9.17) is 9.31 Å². The Kier molecular flexibility index (Phi) is 5.82. The molecule has 0 spiro atoms. The summed E-state index contributed by atoms with van der Waals surface area (Å²) in [5.74, 6) is 0.947. The van der Waals surface area contributed by atoms with Crippen LogP contribution in [0.4, 0.5) is 0 Å². The second-order valence-electron chi connectivity index (χ2n) is 10.2. The van der Waals surface area contributed by atoms with E-state index in [0.717, 1.165) is 47.5 Å². The predicted octanol–water partition coefficient (Wildman–Crippen LogP) is 3.68. The first-order chi connectivity index (χ1) is 16.2. The van der Waals surface area contributed by atoms with Gasteiger partial charge in [-0.05, 0) is 63.2 Å². The van der Waals surface area contributed by atoms with Crippen molar-refractivity contribution < 1.29 is 14.1 Å². The summed E-state index contributed by atoms with van der Waals surface area (Å²) < 4.78 is 12.3. The van der Waals surface area contributed by atoms with Crippen molar-refractivity contribution in [3.8, 4) is 11.3 Å². The van der Waals surface area contributed by atoms with Crippen molar-refractivity contribution in [2.24, 2.45) is 0 Å². The first kappa shape index (κ1) is 22.8. The average molecular weight is 458 g/mol. The molecule has 0 radical (unpaired) electrons. The van der Waals surface area contributed by atoms with Crippen molar-refractivity contribution in [3.63, 3.8) is 0 Å². The largest absolute Gasteiger partial charge is 0.494 e. The average Bonchev–Trinajstić information content (AvgIpc) is 3.52. The molecule has 0 saturated carbocycles. The Morgan fingerprint density at radius 1 is 1.12 bits per heavy atom. The number of benzene rings is 1. The van der Waals surface area contributed by atoms with Gasteiger partial charge in [-0.3, -0.25) is 9.78 Å². The molecule has 176 valence electrons. The number of imidazole rings is 1. The summed E-state index contributed by atoms with van der Waals surface area (Å²) in [6.45, 7) is 8.98. The highest BCUT2D eigenvalue weighted by Crippen LogP contribution is 2.36. The number of carbonyl (C=O) groups is 1. The third-order valence-electron chi connectivity index (χ3n) is 7.31. The van der Waals surface area contributed by atoms with Crippen LogP contribution in [0.25, 0.3) is 11.3 Å². The Bertz CT molecular complexity index is 1140. The van der Waals surface area contributed by atoms with Crippen molar-refractivity contribution in [1.82, 2.24) is 19.9 Å². The number of aromatic amines is 1. The minimum atomic E-state index is -0.380. The summed E-state index contributed by atoms with van der Waals surface area (Å²) in [6.07, 6.45) is 7.56. The third-order valence-corrected chi connectivity index (χ3v) is 7.31. The summed E-state index contributed by atoms with van der Waals surface area (Å²) in [4.78, 5) is 27.1. The minimum Gasteiger partial charge on any atom is -0.399 e. The van der Waals surface area contributed by atoms with Gasteiger partial charge in [-0.15, -0.1) is 0 Å². The van der Waals surface area contributed by atoms with Gasteiger partial charge >= 0.3 is 7.12 Å². The number of rotatable bonds is 5. The number of hydrogen-bond donors (Lipinski definition) is 1. The summed E-state index contributed by atoms with van der Waals surface area (Å²) >= 11 is 0. The van der Waals surface area contributed by atoms with E-state index < -0.39 is 0 Å². The van der Waals surface area contributed by atoms with Gasteiger partial charge in [0, 0.05) is 18.9 Å². The van der Waals surface area contributed by atoms with E-state index in [1.165, 1.54) is 0 Å². The summed E-state index contributed by atoms with van der Waals surface area (Å²) in [5.41, 5.74) is 3.16. The Morgan fingerprint density at radius 2 is 1.85 bits per heavy atom. The molecule has 3 aromatic rings. The van der Waals surface area contributed by atoms with Gasteiger partial charge in [0.05, 0.1) is 35.6 Å². The number of aromatic nitrogens is 3. The van der Waals surface area contributed by atoms with Crippen molar-refractivity contribution in [2.45, 2.75) is 64.2 Å². The fourth-order valence-corrected chi connectivity index (χ4v) is 4.58. The van der Waals surface area contributed by atoms with E-state index >= 15 is 0 Å². The monoisotopic (exact) mass is 458 g/mol. The molecular weight excluding hydrogens is 427 g/mol. The molecule has 1 amide bonds. The maximum Gasteiger partial charge on any atom is 0.494 e. The van der Waals surface area contributed by atoms with E-state index in [-0.39, 0.29) is 30.3 Å². The van der Waals surface area contributed by atoms with Crippen LogP contribution >= 0.6 is 0 Å². The highest BCUT2D eigenvalue weighted by molar-refractivity contribution is 6.62. The van der Waals surface area contributed by atoms with Crippen LogP contribution < -0.4 is 5.46 Å². The fraction of sp³-hybridized carbons (Fsp3) is 0.423. The lowest BCUT2D eigenvalue weighted by Crippen LogP contribution is -2.41. The molecule has 1 atom stereocenters. The Morgan fingerprint density at radius 3 is 2.53 bits per heavy atom. The van der Waals surface area contributed by atoms with Crippen LogP contribution in [-0.4, -0.2) is 50.6 Å². The fourth-order valence-electron chi connectivity index (χ4n) is 4.58. The van der Waals surface area contributed by atoms with Crippen molar-refractivity contribution in [3.05, 3.63) is 66.4 Å². The molecule has 2 saturated heterocycles. The number of pyridine rings is 1. The Hall–Kier alpha value is -2.97. The lowest BCUT2D eigenvalue weighted by Gasteiger charge is -2.32. The molecule has 1 aromatic carbocycles. The molecule has 1 N–H and O–H groups in total. The molecule has 2 aromatic heterocycles. The van der Waals surface area contributed by atoms with E-state index in [0.29, 0.717) is 6.42 Å². The van der Waals surface area contributed by atoms with Crippen molar-refractivity contribution >= 4 is 18.5 Å². The quantitative estimate of drug-likeness (QED) is 0.591. The standard InChI is InChI=1S/C26H31BN4O3/c1-25(2)26(3,4)34-27(33-25)20-11-9-19(10-12-20)21-17-29-24(30-21)22-8-6-14-31(22)23(32)15-18-7-5-13-28-16-18/h5,7,9-13,16-17,22H,6,8,14-15H2,1-4H3,(H,29,30)/t22-/m0/s1. The van der Waals surface area contributed by atoms with Gasteiger partial charge in [0.2, 0.25) is 5.91 Å². The number of carbonyl (C=O) groups excluding carboxylic acids is 1. The van der Waals surface area contributed by atoms with Gasteiger partial charge in [-0.2, -0.15) is 0 Å². The maximum absolute atomic E-state index is 13.0. The zero-order valence-electron chi connectivity index (χ0n) is 20.2. The lowest BCUT2D eigenvalue weighted by atomic mass is 9.79. The molecule has 2 aliphatic heterocycles. The molecular formula is C26H31BN4O3. The van der Waals surface area contributed by atoms with Gasteiger partial charge in [-0.1, -0.05) is 30.3 Å². The normalized spacial score (nSPS) is 21.2. The van der Waals surface area contributed by atoms with E-state index in [9.17, 15) is 4.79 Å². The highest BCUT2D eigenvalue weighted by atomic mass is 16.7. The first-order valence-corrected chi connectivity index (χ1v) is 11.9. The zero-order chi connectivity index (χ0) is 23.9. The number of amides is 1. The summed E-state index contributed by atoms with van der Waals surface area (Å²) in [7, 11) is -0.380. The number of nitrogens with zero attached hydrogens (tertiary/aromatic N) is 3. The number of H-pyrrole nitrogens is 1. The van der Waals surface area contributed by atoms with E-state index in [1.807, 2.05) is 35.4 Å². The van der Waals surface area contributed by atoms with Gasteiger partial charge in [0.25, 0.3) is 0 Å². The van der Waals surface area contributed by atoms with Crippen LogP contribution in [0.15, 0.2) is 55.0 Å². The van der Waals surface area contributed by atoms with Crippen LogP contribution in [0.1, 0.15) is 58.0 Å². The van der Waals surface area contributed by atoms with Crippen molar-refractivity contribution in [1.29, 1.82) is 0 Å². The van der Waals surface area contributed by atoms with Crippen LogP contribution in [0, 0.1) is 0 Å². The molecule has 0 bridgehead atoms. The second kappa shape index (κ2) is 8.67. The smallest absolute Gasteiger partial charge is 0.399 e. The molecule has 8 heteroatoms.